The number of amides is 1. The molecule has 0 unspecified atom stereocenters. The molecule has 0 saturated carbocycles. The van der Waals surface area contributed by atoms with Gasteiger partial charge < -0.3 is 10.1 Å². The molecule has 2 aromatic rings. The van der Waals surface area contributed by atoms with Crippen molar-refractivity contribution >= 4 is 27.6 Å². The highest BCUT2D eigenvalue weighted by Gasteiger charge is 2.16. The van der Waals surface area contributed by atoms with Gasteiger partial charge in [0.05, 0.1) is 12.0 Å². The summed E-state index contributed by atoms with van der Waals surface area (Å²) in [4.78, 5) is 22.9. The minimum Gasteiger partial charge on any atom is -0.468 e. The number of hydrogen-bond acceptors (Lipinski definition) is 5. The average molecular weight is 366 g/mol. The third-order valence-corrected chi connectivity index (χ3v) is 4.58. The highest BCUT2D eigenvalue weighted by molar-refractivity contribution is 7.89. The molecule has 1 amide bonds. The van der Waals surface area contributed by atoms with Gasteiger partial charge in [-0.3, -0.25) is 9.59 Å². The number of ether oxygens (including phenoxy) is 1. The molecule has 0 aromatic heterocycles. The number of nitrogens with one attached hydrogen (secondary N) is 2. The number of rotatable bonds is 6. The molecule has 0 aliphatic heterocycles. The van der Waals surface area contributed by atoms with Crippen LogP contribution in [-0.4, -0.2) is 33.9 Å². The Morgan fingerprint density at radius 3 is 2.20 bits per heavy atom. The van der Waals surface area contributed by atoms with Gasteiger partial charge in [-0.05, 0) is 48.5 Å². The summed E-state index contributed by atoms with van der Waals surface area (Å²) in [6.07, 6.45) is 0. The van der Waals surface area contributed by atoms with Gasteiger partial charge in [0, 0.05) is 11.3 Å². The zero-order chi connectivity index (χ0) is 18.4. The van der Waals surface area contributed by atoms with Gasteiger partial charge in [0.25, 0.3) is 5.91 Å². The highest BCUT2D eigenvalue weighted by Crippen LogP contribution is 2.15. The molecule has 0 radical (unpaired) electrons. The smallest absolute Gasteiger partial charge is 0.320 e. The number of carbonyl (C=O) groups is 2. The van der Waals surface area contributed by atoms with Crippen LogP contribution in [0.3, 0.4) is 0 Å². The van der Waals surface area contributed by atoms with E-state index in [0.717, 1.165) is 19.2 Å². The quantitative estimate of drug-likeness (QED) is 0.755. The molecule has 2 rings (SSSR count). The average Bonchev–Trinajstić information content (AvgIpc) is 2.60. The number of carbonyl (C=O) groups excluding carboxylic acids is 2. The van der Waals surface area contributed by atoms with Crippen LogP contribution in [0.5, 0.6) is 0 Å². The predicted octanol–water partition coefficient (Wildman–Crippen LogP) is 1.53. The van der Waals surface area contributed by atoms with E-state index < -0.39 is 34.3 Å². The standard InChI is InChI=1S/C16H15FN2O5S/c1-24-15(20)10-18-25(22,23)14-8-6-13(7-9-14)19-16(21)11-2-4-12(17)5-3-11/h2-9,18H,10H2,1H3,(H,19,21). The molecule has 0 saturated heterocycles. The van der Waals surface area contributed by atoms with Crippen LogP contribution in [-0.2, 0) is 19.6 Å². The van der Waals surface area contributed by atoms with Crippen molar-refractivity contribution in [3.05, 3.63) is 59.9 Å². The van der Waals surface area contributed by atoms with E-state index >= 15 is 0 Å². The minimum absolute atomic E-state index is 0.0730. The lowest BCUT2D eigenvalue weighted by Crippen LogP contribution is -2.30. The second-order valence-electron chi connectivity index (χ2n) is 4.89. The molecular weight excluding hydrogens is 351 g/mol. The summed E-state index contributed by atoms with van der Waals surface area (Å²) in [7, 11) is -2.72. The normalized spacial score (nSPS) is 11.0. The Balaban J connectivity index is 2.05. The number of hydrogen-bond donors (Lipinski definition) is 2. The Bertz CT molecular complexity index is 864. The lowest BCUT2D eigenvalue weighted by molar-refractivity contribution is -0.139. The topological polar surface area (TPSA) is 102 Å². The van der Waals surface area contributed by atoms with Crippen LogP contribution < -0.4 is 10.0 Å². The van der Waals surface area contributed by atoms with Gasteiger partial charge in [0.1, 0.15) is 12.4 Å². The Kier molecular flexibility index (Phi) is 5.84. The van der Waals surface area contributed by atoms with Crippen molar-refractivity contribution in [3.8, 4) is 0 Å². The molecule has 0 spiro atoms. The molecule has 9 heteroatoms. The van der Waals surface area contributed by atoms with E-state index in [-0.39, 0.29) is 10.5 Å². The van der Waals surface area contributed by atoms with Gasteiger partial charge >= 0.3 is 5.97 Å². The second kappa shape index (κ2) is 7.86. The summed E-state index contributed by atoms with van der Waals surface area (Å²) in [5.41, 5.74) is 0.624. The zero-order valence-electron chi connectivity index (χ0n) is 13.2. The first kappa shape index (κ1) is 18.6. The molecule has 7 nitrogen and oxygen atoms in total. The van der Waals surface area contributed by atoms with E-state index in [1.165, 1.54) is 36.4 Å². The largest absolute Gasteiger partial charge is 0.468 e. The molecule has 0 bridgehead atoms. The van der Waals surface area contributed by atoms with Gasteiger partial charge in [-0.1, -0.05) is 0 Å². The number of anilines is 1. The molecule has 0 fully saturated rings. The van der Waals surface area contributed by atoms with Crippen molar-refractivity contribution in [1.29, 1.82) is 0 Å². The first-order valence-corrected chi connectivity index (χ1v) is 8.53. The van der Waals surface area contributed by atoms with Crippen LogP contribution in [0.4, 0.5) is 10.1 Å². The molecule has 0 aliphatic carbocycles. The Hall–Kier alpha value is -2.78. The summed E-state index contributed by atoms with van der Waals surface area (Å²) in [5, 5.41) is 2.56. The van der Waals surface area contributed by atoms with Crippen molar-refractivity contribution in [1.82, 2.24) is 4.72 Å². The van der Waals surface area contributed by atoms with Gasteiger partial charge in [0.2, 0.25) is 10.0 Å². The van der Waals surface area contributed by atoms with Crippen LogP contribution in [0, 0.1) is 5.82 Å². The van der Waals surface area contributed by atoms with Crippen molar-refractivity contribution in [2.75, 3.05) is 19.0 Å². The number of sulfonamides is 1. The SMILES string of the molecule is COC(=O)CNS(=O)(=O)c1ccc(NC(=O)c2ccc(F)cc2)cc1. The third-order valence-electron chi connectivity index (χ3n) is 3.16. The second-order valence-corrected chi connectivity index (χ2v) is 6.65. The molecule has 2 aromatic carbocycles. The number of halogens is 1. The fourth-order valence-corrected chi connectivity index (χ4v) is 2.80. The van der Waals surface area contributed by atoms with Crippen LogP contribution in [0.15, 0.2) is 53.4 Å². The van der Waals surface area contributed by atoms with E-state index in [2.05, 4.69) is 14.8 Å². The first-order chi connectivity index (χ1) is 11.8. The Labute approximate surface area is 143 Å². The lowest BCUT2D eigenvalue weighted by atomic mass is 10.2. The van der Waals surface area contributed by atoms with Crippen molar-refractivity contribution in [3.63, 3.8) is 0 Å². The Morgan fingerprint density at radius 2 is 1.64 bits per heavy atom. The van der Waals surface area contributed by atoms with Crippen molar-refractivity contribution in [2.24, 2.45) is 0 Å². The number of methoxy groups -OCH3 is 1. The molecule has 0 aliphatic rings. The third kappa shape index (κ3) is 5.10. The monoisotopic (exact) mass is 366 g/mol. The number of benzene rings is 2. The minimum atomic E-state index is -3.87. The van der Waals surface area contributed by atoms with Gasteiger partial charge in [-0.2, -0.15) is 4.72 Å². The van der Waals surface area contributed by atoms with E-state index in [4.69, 9.17) is 0 Å². The summed E-state index contributed by atoms with van der Waals surface area (Å²) in [5.74, 6) is -1.63. The molecule has 132 valence electrons. The maximum Gasteiger partial charge on any atom is 0.320 e. The van der Waals surface area contributed by atoms with Crippen LogP contribution in [0.25, 0.3) is 0 Å². The van der Waals surface area contributed by atoms with Gasteiger partial charge in [-0.15, -0.1) is 0 Å². The lowest BCUT2D eigenvalue weighted by Gasteiger charge is -2.08. The molecule has 0 atom stereocenters. The van der Waals surface area contributed by atoms with Crippen molar-refractivity contribution < 1.29 is 27.1 Å². The van der Waals surface area contributed by atoms with Gasteiger partial charge in [-0.25, -0.2) is 12.8 Å². The summed E-state index contributed by atoms with van der Waals surface area (Å²) >= 11 is 0. The van der Waals surface area contributed by atoms with Crippen LogP contribution in [0.2, 0.25) is 0 Å². The zero-order valence-corrected chi connectivity index (χ0v) is 14.0. The Morgan fingerprint density at radius 1 is 1.04 bits per heavy atom. The molecule has 2 N–H and O–H groups in total. The molecular formula is C16H15FN2O5S. The fraction of sp³-hybridized carbons (Fsp3) is 0.125. The van der Waals surface area contributed by atoms with Crippen LogP contribution >= 0.6 is 0 Å². The molecule has 25 heavy (non-hydrogen) atoms. The first-order valence-electron chi connectivity index (χ1n) is 7.05. The molecule has 0 heterocycles. The van der Waals surface area contributed by atoms with E-state index in [9.17, 15) is 22.4 Å². The van der Waals surface area contributed by atoms with Gasteiger partial charge in [0.15, 0.2) is 0 Å². The van der Waals surface area contributed by atoms with E-state index in [1.54, 1.807) is 0 Å². The maximum absolute atomic E-state index is 12.8. The fourth-order valence-electron chi connectivity index (χ4n) is 1.83. The maximum atomic E-state index is 12.8. The summed E-state index contributed by atoms with van der Waals surface area (Å²) in [6.45, 7) is -0.484. The van der Waals surface area contributed by atoms with E-state index in [0.29, 0.717) is 5.69 Å². The summed E-state index contributed by atoms with van der Waals surface area (Å²) < 4.78 is 43.3. The highest BCUT2D eigenvalue weighted by atomic mass is 32.2. The number of esters is 1. The van der Waals surface area contributed by atoms with Crippen molar-refractivity contribution in [2.45, 2.75) is 4.90 Å². The summed E-state index contributed by atoms with van der Waals surface area (Å²) in [6, 6.07) is 10.3. The predicted molar refractivity (Wildman–Crippen MR) is 88.0 cm³/mol. The van der Waals surface area contributed by atoms with E-state index in [1.807, 2.05) is 0 Å². The van der Waals surface area contributed by atoms with Crippen LogP contribution in [0.1, 0.15) is 10.4 Å².